The number of hydrogen-bond donors (Lipinski definition) is 3. The van der Waals surface area contributed by atoms with Gasteiger partial charge in [0.25, 0.3) is 0 Å². The van der Waals surface area contributed by atoms with Gasteiger partial charge in [-0.1, -0.05) is 321 Å². The second-order valence-electron chi connectivity index (χ2n) is 23.9. The molecule has 0 saturated heterocycles. The van der Waals surface area contributed by atoms with Crippen molar-refractivity contribution >= 4 is 11.9 Å². The summed E-state index contributed by atoms with van der Waals surface area (Å²) in [6, 6.07) is -0.546. The van der Waals surface area contributed by atoms with E-state index in [-0.39, 0.29) is 18.5 Å². The van der Waals surface area contributed by atoms with Crippen molar-refractivity contribution in [3.05, 3.63) is 24.3 Å². The van der Waals surface area contributed by atoms with Crippen LogP contribution in [0.5, 0.6) is 0 Å². The molecule has 0 radical (unpaired) electrons. The number of unbranched alkanes of at least 4 members (excludes halogenated alkanes) is 50. The summed E-state index contributed by atoms with van der Waals surface area (Å²) in [5.41, 5.74) is 0. The van der Waals surface area contributed by atoms with Crippen molar-refractivity contribution in [3.8, 4) is 0 Å². The van der Waals surface area contributed by atoms with Gasteiger partial charge in [-0.15, -0.1) is 0 Å². The van der Waals surface area contributed by atoms with Crippen molar-refractivity contribution in [1.82, 2.24) is 5.32 Å². The van der Waals surface area contributed by atoms with Crippen molar-refractivity contribution in [2.75, 3.05) is 13.2 Å². The lowest BCUT2D eigenvalue weighted by Crippen LogP contribution is -2.45. The smallest absolute Gasteiger partial charge is 0.305 e. The van der Waals surface area contributed by atoms with E-state index in [1.807, 2.05) is 0 Å². The molecule has 450 valence electrons. The molecule has 2 unspecified atom stereocenters. The average Bonchev–Trinajstić information content (AvgIpc) is 3.42. The quantitative estimate of drug-likeness (QED) is 0.0320. The molecule has 0 aromatic rings. The number of esters is 1. The Bertz CT molecular complexity index is 1190. The normalized spacial score (nSPS) is 12.6. The van der Waals surface area contributed by atoms with Crippen LogP contribution in [0.25, 0.3) is 0 Å². The van der Waals surface area contributed by atoms with Crippen LogP contribution in [0.15, 0.2) is 24.3 Å². The van der Waals surface area contributed by atoms with E-state index in [9.17, 15) is 19.8 Å². The van der Waals surface area contributed by atoms with Crippen LogP contribution in [0.2, 0.25) is 0 Å². The Kier molecular flexibility index (Phi) is 64.4. The first kappa shape index (κ1) is 74.3. The minimum Gasteiger partial charge on any atom is -0.466 e. The summed E-state index contributed by atoms with van der Waals surface area (Å²) in [5, 5.41) is 23.3. The molecule has 6 heteroatoms. The fraction of sp³-hybridized carbons (Fsp3) is 0.914. The maximum Gasteiger partial charge on any atom is 0.305 e. The highest BCUT2D eigenvalue weighted by Gasteiger charge is 2.20. The highest BCUT2D eigenvalue weighted by molar-refractivity contribution is 5.76. The molecule has 0 aliphatic carbocycles. The number of carbonyl (C=O) groups excluding carboxylic acids is 2. The molecule has 0 heterocycles. The Morgan fingerprint density at radius 2 is 0.618 bits per heavy atom. The van der Waals surface area contributed by atoms with Crippen molar-refractivity contribution in [2.24, 2.45) is 0 Å². The van der Waals surface area contributed by atoms with E-state index in [0.717, 1.165) is 44.9 Å². The molecule has 6 nitrogen and oxygen atoms in total. The van der Waals surface area contributed by atoms with E-state index in [4.69, 9.17) is 4.74 Å². The SMILES string of the molecule is CCCCCCCC/C=C\CCCCCCCCCCCC(=O)OCCCCCCCCCCCCCC/C=C\CCCCCCCCCC(=O)NC(CO)C(O)CCCCCCCCCCCCCCCCCCC. The minimum atomic E-state index is -0.668. The number of aliphatic hydroxyl groups excluding tert-OH is 2. The summed E-state index contributed by atoms with van der Waals surface area (Å²) >= 11 is 0. The van der Waals surface area contributed by atoms with Crippen molar-refractivity contribution < 1.29 is 24.5 Å². The topological polar surface area (TPSA) is 95.9 Å². The lowest BCUT2D eigenvalue weighted by molar-refractivity contribution is -0.143. The molecule has 1 amide bonds. The number of hydrogen-bond acceptors (Lipinski definition) is 5. The molecule has 0 aliphatic rings. The van der Waals surface area contributed by atoms with Gasteiger partial charge in [-0.05, 0) is 77.0 Å². The molecule has 0 fully saturated rings. The molecule has 0 bridgehead atoms. The Balaban J connectivity index is 3.39. The molecular weight excluding hydrogens is 935 g/mol. The van der Waals surface area contributed by atoms with Gasteiger partial charge in [0.15, 0.2) is 0 Å². The maximum atomic E-state index is 12.5. The first-order chi connectivity index (χ1) is 37.5. The minimum absolute atomic E-state index is 0.0119. The molecule has 0 spiro atoms. The van der Waals surface area contributed by atoms with Gasteiger partial charge in [0, 0.05) is 12.8 Å². The molecule has 3 N–H and O–H groups in total. The zero-order chi connectivity index (χ0) is 55.0. The summed E-state index contributed by atoms with van der Waals surface area (Å²) in [5.74, 6) is -0.0262. The number of ether oxygens (including phenoxy) is 1. The van der Waals surface area contributed by atoms with Crippen molar-refractivity contribution in [3.63, 3.8) is 0 Å². The molecule has 0 aromatic heterocycles. The van der Waals surface area contributed by atoms with Gasteiger partial charge in [0.2, 0.25) is 5.91 Å². The van der Waals surface area contributed by atoms with Gasteiger partial charge in [0.05, 0.1) is 25.4 Å². The molecule has 0 aliphatic heterocycles. The van der Waals surface area contributed by atoms with Crippen LogP contribution in [-0.4, -0.2) is 47.4 Å². The Morgan fingerprint density at radius 1 is 0.355 bits per heavy atom. The van der Waals surface area contributed by atoms with Crippen molar-refractivity contribution in [2.45, 2.75) is 398 Å². The molecule has 0 rings (SSSR count). The first-order valence-electron chi connectivity index (χ1n) is 34.6. The third-order valence-corrected chi connectivity index (χ3v) is 16.2. The predicted molar refractivity (Wildman–Crippen MR) is 333 cm³/mol. The van der Waals surface area contributed by atoms with Crippen LogP contribution in [0, 0.1) is 0 Å². The van der Waals surface area contributed by atoms with Crippen LogP contribution in [-0.2, 0) is 14.3 Å². The van der Waals surface area contributed by atoms with E-state index in [1.165, 1.54) is 308 Å². The summed E-state index contributed by atoms with van der Waals surface area (Å²) in [4.78, 5) is 24.6. The average molecular weight is 1070 g/mol. The number of rotatable bonds is 65. The third kappa shape index (κ3) is 61.6. The van der Waals surface area contributed by atoms with Gasteiger partial charge in [-0.3, -0.25) is 9.59 Å². The first-order valence-corrected chi connectivity index (χ1v) is 34.6. The van der Waals surface area contributed by atoms with E-state index < -0.39 is 12.1 Å². The van der Waals surface area contributed by atoms with Crippen molar-refractivity contribution in [1.29, 1.82) is 0 Å². The summed E-state index contributed by atoms with van der Waals surface area (Å²) in [6.45, 7) is 4.98. The summed E-state index contributed by atoms with van der Waals surface area (Å²) in [6.07, 6.45) is 82.1. The van der Waals surface area contributed by atoms with Gasteiger partial charge < -0.3 is 20.3 Å². The fourth-order valence-electron chi connectivity index (χ4n) is 10.9. The van der Waals surface area contributed by atoms with E-state index in [1.54, 1.807) is 0 Å². The van der Waals surface area contributed by atoms with E-state index >= 15 is 0 Å². The summed E-state index contributed by atoms with van der Waals surface area (Å²) < 4.78 is 5.51. The van der Waals surface area contributed by atoms with E-state index in [0.29, 0.717) is 25.9 Å². The molecule has 0 aromatic carbocycles. The summed E-state index contributed by atoms with van der Waals surface area (Å²) in [7, 11) is 0. The van der Waals surface area contributed by atoms with Gasteiger partial charge in [-0.25, -0.2) is 0 Å². The standard InChI is InChI=1S/C70H135NO5/c1-3-5-7-9-11-13-15-17-19-21-27-32-36-40-44-48-52-56-60-64-70(75)76-65-61-57-53-49-45-41-37-33-29-26-24-22-23-25-28-31-35-39-43-47-51-55-59-63-69(74)71-67(66-72)68(73)62-58-54-50-46-42-38-34-30-20-18-16-14-12-10-8-6-4-2/h17,19,25,28,67-68,72-73H,3-16,18,20-24,26-27,29-66H2,1-2H3,(H,71,74)/b19-17-,28-25-. The lowest BCUT2D eigenvalue weighted by Gasteiger charge is -2.22. The zero-order valence-electron chi connectivity index (χ0n) is 51.5. The largest absolute Gasteiger partial charge is 0.466 e. The number of aliphatic hydroxyl groups is 2. The van der Waals surface area contributed by atoms with Gasteiger partial charge >= 0.3 is 5.97 Å². The van der Waals surface area contributed by atoms with Crippen LogP contribution >= 0.6 is 0 Å². The number of carbonyl (C=O) groups is 2. The number of amides is 1. The second kappa shape index (κ2) is 65.9. The van der Waals surface area contributed by atoms with E-state index in [2.05, 4.69) is 43.5 Å². The fourth-order valence-corrected chi connectivity index (χ4v) is 10.9. The maximum absolute atomic E-state index is 12.5. The second-order valence-corrected chi connectivity index (χ2v) is 23.9. The predicted octanol–water partition coefficient (Wildman–Crippen LogP) is 22.1. The Labute approximate surface area is 475 Å². The number of allylic oxidation sites excluding steroid dienone is 4. The van der Waals surface area contributed by atoms with Gasteiger partial charge in [0.1, 0.15) is 0 Å². The highest BCUT2D eigenvalue weighted by atomic mass is 16.5. The molecular formula is C70H135NO5. The molecule has 2 atom stereocenters. The molecule has 76 heavy (non-hydrogen) atoms. The van der Waals surface area contributed by atoms with Crippen LogP contribution in [0.3, 0.4) is 0 Å². The number of nitrogens with one attached hydrogen (secondary N) is 1. The highest BCUT2D eigenvalue weighted by Crippen LogP contribution is 2.18. The Hall–Kier alpha value is -1.66. The van der Waals surface area contributed by atoms with Crippen LogP contribution < -0.4 is 5.32 Å². The molecule has 0 saturated carbocycles. The monoisotopic (exact) mass is 1070 g/mol. The van der Waals surface area contributed by atoms with Crippen LogP contribution in [0.1, 0.15) is 386 Å². The Morgan fingerprint density at radius 3 is 0.934 bits per heavy atom. The van der Waals surface area contributed by atoms with Crippen LogP contribution in [0.4, 0.5) is 0 Å². The zero-order valence-corrected chi connectivity index (χ0v) is 51.5. The third-order valence-electron chi connectivity index (χ3n) is 16.2. The lowest BCUT2D eigenvalue weighted by atomic mass is 10.0. The van der Waals surface area contributed by atoms with Gasteiger partial charge in [-0.2, -0.15) is 0 Å².